The smallest absolute Gasteiger partial charge is 0.272 e. The number of hydrogen-bond acceptors (Lipinski definition) is 2. The van der Waals surface area contributed by atoms with E-state index < -0.39 is 18.8 Å². The lowest BCUT2D eigenvalue weighted by atomic mass is 10.3. The van der Waals surface area contributed by atoms with Crippen LogP contribution in [0.1, 0.15) is 5.56 Å². The Morgan fingerprint density at radius 3 is 2.79 bits per heavy atom. The molecule has 0 fully saturated rings. The Bertz CT molecular complexity index is 309. The van der Waals surface area contributed by atoms with Crippen LogP contribution in [0.5, 0.6) is 5.88 Å². The normalized spacial score (nSPS) is 10.6. The molecule has 0 radical (unpaired) electrons. The number of nitrogens with zero attached hydrogens (tertiary/aromatic N) is 1. The maximum atomic E-state index is 12.6. The predicted octanol–water partition coefficient (Wildman–Crippen LogP) is 2.60. The predicted molar refractivity (Wildman–Crippen MR) is 45.3 cm³/mol. The maximum Gasteiger partial charge on any atom is 0.272 e. The molecule has 0 atom stereocenters. The summed E-state index contributed by atoms with van der Waals surface area (Å²) in [4.78, 5) is 3.51. The van der Waals surface area contributed by atoms with Crippen LogP contribution in [-0.2, 0) is 5.88 Å². The minimum absolute atomic E-state index is 0.0384. The van der Waals surface area contributed by atoms with Crippen molar-refractivity contribution in [1.82, 2.24) is 4.98 Å². The number of pyridine rings is 1. The summed E-state index contributed by atoms with van der Waals surface area (Å²) in [5.41, 5.74) is 0.257. The minimum atomic E-state index is -2.59. The Hall–Kier alpha value is -0.970. The standard InChI is InChI=1S/C8H7ClF3NO/c9-2-5-1-6(10)3-13-8(5)14-4-7(11)12/h1,3,7H,2,4H2. The topological polar surface area (TPSA) is 22.1 Å². The fraction of sp³-hybridized carbons (Fsp3) is 0.375. The van der Waals surface area contributed by atoms with Crippen LogP contribution >= 0.6 is 11.6 Å². The molecule has 0 bridgehead atoms. The Kier molecular flexibility index (Phi) is 4.00. The summed E-state index contributed by atoms with van der Waals surface area (Å²) in [5, 5.41) is 0. The fourth-order valence-corrected chi connectivity index (χ4v) is 1.03. The highest BCUT2D eigenvalue weighted by Crippen LogP contribution is 2.18. The highest BCUT2D eigenvalue weighted by Gasteiger charge is 2.09. The first-order valence-electron chi connectivity index (χ1n) is 3.75. The molecule has 0 saturated carbocycles. The van der Waals surface area contributed by atoms with Crippen LogP contribution in [0, 0.1) is 5.82 Å². The average Bonchev–Trinajstić information content (AvgIpc) is 2.15. The molecule has 1 aromatic rings. The van der Waals surface area contributed by atoms with Gasteiger partial charge in [-0.05, 0) is 6.07 Å². The molecule has 2 nitrogen and oxygen atoms in total. The van der Waals surface area contributed by atoms with Gasteiger partial charge < -0.3 is 4.74 Å². The summed E-state index contributed by atoms with van der Waals surface area (Å²) in [6.07, 6.45) is -1.71. The van der Waals surface area contributed by atoms with Crippen LogP contribution in [0.2, 0.25) is 0 Å². The Labute approximate surface area is 83.7 Å². The van der Waals surface area contributed by atoms with Crippen molar-refractivity contribution in [1.29, 1.82) is 0 Å². The molecular weight excluding hydrogens is 219 g/mol. The van der Waals surface area contributed by atoms with Crippen molar-refractivity contribution in [3.8, 4) is 5.88 Å². The van der Waals surface area contributed by atoms with E-state index in [1.165, 1.54) is 0 Å². The molecule has 0 amide bonds. The quantitative estimate of drug-likeness (QED) is 0.735. The zero-order valence-electron chi connectivity index (χ0n) is 7.01. The summed E-state index contributed by atoms with van der Waals surface area (Å²) < 4.78 is 40.8. The first kappa shape index (κ1) is 11.1. The van der Waals surface area contributed by atoms with Crippen LogP contribution in [0.3, 0.4) is 0 Å². The maximum absolute atomic E-state index is 12.6. The fourth-order valence-electron chi connectivity index (χ4n) is 0.836. The molecule has 0 aliphatic carbocycles. The summed E-state index contributed by atoms with van der Waals surface area (Å²) in [7, 11) is 0. The SMILES string of the molecule is Fc1cnc(OCC(F)F)c(CCl)c1. The van der Waals surface area contributed by atoms with Gasteiger partial charge in [0.05, 0.1) is 12.1 Å². The third-order valence-corrected chi connectivity index (χ3v) is 1.67. The minimum Gasteiger partial charge on any atom is -0.471 e. The molecule has 1 heterocycles. The second-order valence-electron chi connectivity index (χ2n) is 2.45. The van der Waals surface area contributed by atoms with Crippen molar-refractivity contribution < 1.29 is 17.9 Å². The lowest BCUT2D eigenvalue weighted by molar-refractivity contribution is 0.0791. The molecule has 0 N–H and O–H groups in total. The molecule has 14 heavy (non-hydrogen) atoms. The molecule has 0 unspecified atom stereocenters. The van der Waals surface area contributed by atoms with Gasteiger partial charge in [-0.3, -0.25) is 0 Å². The second kappa shape index (κ2) is 5.05. The largest absolute Gasteiger partial charge is 0.471 e. The Balaban J connectivity index is 2.75. The first-order valence-corrected chi connectivity index (χ1v) is 4.28. The third-order valence-electron chi connectivity index (χ3n) is 1.38. The Morgan fingerprint density at radius 1 is 1.50 bits per heavy atom. The van der Waals surface area contributed by atoms with Gasteiger partial charge in [-0.2, -0.15) is 0 Å². The number of halogens is 4. The molecular formula is C8H7ClF3NO. The van der Waals surface area contributed by atoms with Crippen LogP contribution < -0.4 is 4.74 Å². The molecule has 0 saturated heterocycles. The van der Waals surface area contributed by atoms with Gasteiger partial charge in [-0.1, -0.05) is 0 Å². The number of ether oxygens (including phenoxy) is 1. The highest BCUT2D eigenvalue weighted by molar-refractivity contribution is 6.17. The molecule has 6 heteroatoms. The van der Waals surface area contributed by atoms with Gasteiger partial charge >= 0.3 is 0 Å². The lowest BCUT2D eigenvalue weighted by Crippen LogP contribution is -2.09. The van der Waals surface area contributed by atoms with E-state index in [1.54, 1.807) is 0 Å². The molecule has 1 rings (SSSR count). The lowest BCUT2D eigenvalue weighted by Gasteiger charge is -2.07. The summed E-state index contributed by atoms with van der Waals surface area (Å²) in [6.45, 7) is -0.775. The zero-order valence-corrected chi connectivity index (χ0v) is 7.77. The highest BCUT2D eigenvalue weighted by atomic mass is 35.5. The third kappa shape index (κ3) is 3.06. The van der Waals surface area contributed by atoms with Crippen molar-refractivity contribution in [2.75, 3.05) is 6.61 Å². The molecule has 0 spiro atoms. The van der Waals surface area contributed by atoms with E-state index in [9.17, 15) is 13.2 Å². The zero-order chi connectivity index (χ0) is 10.6. The van der Waals surface area contributed by atoms with Gasteiger partial charge in [0, 0.05) is 5.56 Å². The molecule has 78 valence electrons. The van der Waals surface area contributed by atoms with Crippen molar-refractivity contribution in [2.45, 2.75) is 12.3 Å². The molecule has 1 aromatic heterocycles. The number of rotatable bonds is 4. The van der Waals surface area contributed by atoms with Crippen LogP contribution in [0.25, 0.3) is 0 Å². The van der Waals surface area contributed by atoms with Crippen molar-refractivity contribution >= 4 is 11.6 Å². The van der Waals surface area contributed by atoms with E-state index in [2.05, 4.69) is 9.72 Å². The van der Waals surface area contributed by atoms with Crippen molar-refractivity contribution in [3.63, 3.8) is 0 Å². The molecule has 0 aliphatic heterocycles. The van der Waals surface area contributed by atoms with Crippen LogP contribution in [-0.4, -0.2) is 18.0 Å². The number of hydrogen-bond donors (Lipinski definition) is 0. The van der Waals surface area contributed by atoms with Gasteiger partial charge in [-0.15, -0.1) is 11.6 Å². The summed E-state index contributed by atoms with van der Waals surface area (Å²) in [5.74, 6) is -0.671. The van der Waals surface area contributed by atoms with Gasteiger partial charge in [0.15, 0.2) is 6.61 Å². The van der Waals surface area contributed by atoms with E-state index in [1.807, 2.05) is 0 Å². The van der Waals surface area contributed by atoms with E-state index in [-0.39, 0.29) is 17.3 Å². The number of alkyl halides is 3. The second-order valence-corrected chi connectivity index (χ2v) is 2.72. The monoisotopic (exact) mass is 225 g/mol. The van der Waals surface area contributed by atoms with Gasteiger partial charge in [0.2, 0.25) is 5.88 Å². The number of aromatic nitrogens is 1. The Morgan fingerprint density at radius 2 is 2.21 bits per heavy atom. The van der Waals surface area contributed by atoms with Crippen LogP contribution in [0.4, 0.5) is 13.2 Å². The molecule has 0 aromatic carbocycles. The van der Waals surface area contributed by atoms with E-state index in [4.69, 9.17) is 11.6 Å². The van der Waals surface area contributed by atoms with Gasteiger partial charge in [-0.25, -0.2) is 18.2 Å². The van der Waals surface area contributed by atoms with Gasteiger partial charge in [0.1, 0.15) is 5.82 Å². The van der Waals surface area contributed by atoms with E-state index in [0.717, 1.165) is 12.3 Å². The van der Waals surface area contributed by atoms with E-state index >= 15 is 0 Å². The van der Waals surface area contributed by atoms with Crippen molar-refractivity contribution in [2.24, 2.45) is 0 Å². The summed E-state index contributed by atoms with van der Waals surface area (Å²) >= 11 is 5.45. The van der Waals surface area contributed by atoms with Crippen molar-refractivity contribution in [3.05, 3.63) is 23.6 Å². The van der Waals surface area contributed by atoms with E-state index in [0.29, 0.717) is 0 Å². The van der Waals surface area contributed by atoms with Gasteiger partial charge in [0.25, 0.3) is 6.43 Å². The van der Waals surface area contributed by atoms with Crippen LogP contribution in [0.15, 0.2) is 12.3 Å². The summed E-state index contributed by atoms with van der Waals surface area (Å²) in [6, 6.07) is 1.10. The molecule has 0 aliphatic rings. The average molecular weight is 226 g/mol. The first-order chi connectivity index (χ1) is 6.63.